The van der Waals surface area contributed by atoms with Crippen molar-refractivity contribution in [3.8, 4) is 6.07 Å². The van der Waals surface area contributed by atoms with E-state index in [1.807, 2.05) is 0 Å². The van der Waals surface area contributed by atoms with Crippen molar-refractivity contribution >= 4 is 17.7 Å². The molecule has 1 N–H and O–H groups in total. The third-order valence-electron chi connectivity index (χ3n) is 7.40. The number of carbonyl (C=O) groups excluding carboxylic acids is 2. The quantitative estimate of drug-likeness (QED) is 0.737. The number of halogens is 3. The monoisotopic (exact) mass is 465 g/mol. The van der Waals surface area contributed by atoms with Crippen LogP contribution in [0.5, 0.6) is 0 Å². The average Bonchev–Trinajstić information content (AvgIpc) is 3.31. The van der Waals surface area contributed by atoms with Crippen LogP contribution in [0, 0.1) is 23.2 Å². The molecule has 4 aliphatic rings. The number of fused-ring (bicyclic) bond motifs is 2. The summed E-state index contributed by atoms with van der Waals surface area (Å²) in [6.07, 6.45) is -5.21. The van der Waals surface area contributed by atoms with Gasteiger partial charge in [-0.15, -0.1) is 0 Å². The maximum atomic E-state index is 13.7. The van der Waals surface area contributed by atoms with E-state index in [4.69, 9.17) is 19.5 Å². The number of anilines is 1. The first-order valence-corrected chi connectivity index (χ1v) is 10.8. The third-order valence-corrected chi connectivity index (χ3v) is 7.40. The van der Waals surface area contributed by atoms with Crippen molar-refractivity contribution in [2.75, 3.05) is 18.1 Å². The van der Waals surface area contributed by atoms with Crippen LogP contribution in [-0.2, 0) is 25.2 Å². The topological polar surface area (TPSA) is 101 Å². The Morgan fingerprint density at radius 1 is 1.42 bits per heavy atom. The van der Waals surface area contributed by atoms with Gasteiger partial charge in [0.1, 0.15) is 6.23 Å². The molecule has 5 rings (SSSR count). The number of hydrogen-bond acceptors (Lipinski definition) is 6. The van der Waals surface area contributed by atoms with Gasteiger partial charge in [0.2, 0.25) is 5.91 Å². The predicted molar refractivity (Wildman–Crippen MR) is 106 cm³/mol. The smallest absolute Gasteiger partial charge is 0.417 e. The van der Waals surface area contributed by atoms with Crippen LogP contribution in [0.4, 0.5) is 23.7 Å². The lowest BCUT2D eigenvalue weighted by molar-refractivity contribution is -0.141. The van der Waals surface area contributed by atoms with E-state index >= 15 is 0 Å². The molecule has 11 heteroatoms. The summed E-state index contributed by atoms with van der Waals surface area (Å²) in [7, 11) is 0. The summed E-state index contributed by atoms with van der Waals surface area (Å²) in [6, 6.07) is 4.27. The Kier molecular flexibility index (Phi) is 4.71. The summed E-state index contributed by atoms with van der Waals surface area (Å²) in [6.45, 7) is 3.88. The van der Waals surface area contributed by atoms with Gasteiger partial charge >= 0.3 is 12.3 Å². The second-order valence-corrected chi connectivity index (χ2v) is 9.03. The SMILES string of the molecule is CCOC(=O)N[C@H]1C[C@@]23CCO[C@H]4[C@@H]2[C@H](C(=O)N4c2ccc(C#N)c(C(F)(F)F)c2)[C@]1(C)O3. The highest BCUT2D eigenvalue weighted by Gasteiger charge is 2.78. The Hall–Kier alpha value is -2.84. The van der Waals surface area contributed by atoms with Gasteiger partial charge in [0, 0.05) is 24.4 Å². The van der Waals surface area contributed by atoms with E-state index in [1.54, 1.807) is 19.9 Å². The van der Waals surface area contributed by atoms with Crippen molar-refractivity contribution in [1.82, 2.24) is 5.32 Å². The van der Waals surface area contributed by atoms with E-state index in [0.29, 0.717) is 12.8 Å². The van der Waals surface area contributed by atoms with Gasteiger partial charge in [0.15, 0.2) is 0 Å². The minimum atomic E-state index is -4.75. The molecule has 0 unspecified atom stereocenters. The summed E-state index contributed by atoms with van der Waals surface area (Å²) >= 11 is 0. The summed E-state index contributed by atoms with van der Waals surface area (Å²) in [5.74, 6) is -1.54. The third kappa shape index (κ3) is 2.97. The maximum absolute atomic E-state index is 13.7. The van der Waals surface area contributed by atoms with Crippen molar-refractivity contribution in [3.63, 3.8) is 0 Å². The molecule has 6 atom stereocenters. The number of carbonyl (C=O) groups is 2. The van der Waals surface area contributed by atoms with Gasteiger partial charge in [-0.05, 0) is 32.0 Å². The normalized spacial score (nSPS) is 36.5. The van der Waals surface area contributed by atoms with Crippen LogP contribution in [0.25, 0.3) is 0 Å². The molecule has 0 aliphatic carbocycles. The molecule has 2 amide bonds. The van der Waals surface area contributed by atoms with E-state index < -0.39 is 64.6 Å². The molecule has 0 radical (unpaired) electrons. The predicted octanol–water partition coefficient (Wildman–Crippen LogP) is 2.95. The lowest BCUT2D eigenvalue weighted by Crippen LogP contribution is -2.57. The highest BCUT2D eigenvalue weighted by atomic mass is 19.4. The molecule has 33 heavy (non-hydrogen) atoms. The molecule has 2 bridgehead atoms. The lowest BCUT2D eigenvalue weighted by Gasteiger charge is -2.42. The molecule has 0 saturated carbocycles. The van der Waals surface area contributed by atoms with Gasteiger partial charge in [0.05, 0.1) is 53.6 Å². The molecular formula is C22H22F3N3O5. The minimum absolute atomic E-state index is 0.0145. The fourth-order valence-electron chi connectivity index (χ4n) is 6.15. The average molecular weight is 465 g/mol. The van der Waals surface area contributed by atoms with Crippen molar-refractivity contribution in [2.45, 2.75) is 56.3 Å². The van der Waals surface area contributed by atoms with E-state index in [1.165, 1.54) is 11.0 Å². The Labute approximate surface area is 187 Å². The number of nitrogens with one attached hydrogen (secondary N) is 1. The summed E-state index contributed by atoms with van der Waals surface area (Å²) in [5.41, 5.74) is -3.41. The van der Waals surface area contributed by atoms with Gasteiger partial charge in [-0.1, -0.05) is 0 Å². The molecule has 0 aromatic heterocycles. The second-order valence-electron chi connectivity index (χ2n) is 9.03. The fraction of sp³-hybridized carbons (Fsp3) is 0.591. The summed E-state index contributed by atoms with van der Waals surface area (Å²) in [4.78, 5) is 27.0. The molecule has 8 nitrogen and oxygen atoms in total. The van der Waals surface area contributed by atoms with Crippen LogP contribution in [0.3, 0.4) is 0 Å². The van der Waals surface area contributed by atoms with Crippen LogP contribution in [0.2, 0.25) is 0 Å². The Bertz CT molecular complexity index is 1070. The number of benzene rings is 1. The number of rotatable bonds is 3. The molecule has 1 aromatic rings. The van der Waals surface area contributed by atoms with Gasteiger partial charge in [-0.2, -0.15) is 18.4 Å². The minimum Gasteiger partial charge on any atom is -0.450 e. The maximum Gasteiger partial charge on any atom is 0.417 e. The first-order chi connectivity index (χ1) is 15.6. The molecule has 176 valence electrons. The van der Waals surface area contributed by atoms with Crippen molar-refractivity contribution in [3.05, 3.63) is 29.3 Å². The van der Waals surface area contributed by atoms with E-state index in [-0.39, 0.29) is 18.9 Å². The van der Waals surface area contributed by atoms with Crippen molar-refractivity contribution < 1.29 is 37.0 Å². The van der Waals surface area contributed by atoms with Gasteiger partial charge in [0.25, 0.3) is 0 Å². The Balaban J connectivity index is 1.54. The molecular weight excluding hydrogens is 443 g/mol. The molecule has 1 aromatic carbocycles. The number of nitrogens with zero attached hydrogens (tertiary/aromatic N) is 2. The van der Waals surface area contributed by atoms with Crippen molar-refractivity contribution in [2.24, 2.45) is 11.8 Å². The van der Waals surface area contributed by atoms with Crippen LogP contribution in [-0.4, -0.2) is 48.7 Å². The molecule has 4 fully saturated rings. The Morgan fingerprint density at radius 2 is 2.18 bits per heavy atom. The van der Waals surface area contributed by atoms with Crippen molar-refractivity contribution in [1.29, 1.82) is 5.26 Å². The number of ether oxygens (including phenoxy) is 3. The zero-order valence-corrected chi connectivity index (χ0v) is 17.9. The zero-order valence-electron chi connectivity index (χ0n) is 17.9. The second kappa shape index (κ2) is 7.08. The number of alkyl carbamates (subject to hydrolysis) is 1. The molecule has 1 spiro atoms. The van der Waals surface area contributed by atoms with Crippen LogP contribution < -0.4 is 10.2 Å². The largest absolute Gasteiger partial charge is 0.450 e. The van der Waals surface area contributed by atoms with E-state index in [9.17, 15) is 22.8 Å². The van der Waals surface area contributed by atoms with Gasteiger partial charge in [-0.3, -0.25) is 9.69 Å². The van der Waals surface area contributed by atoms with Gasteiger partial charge in [-0.25, -0.2) is 4.79 Å². The van der Waals surface area contributed by atoms with Crippen LogP contribution >= 0.6 is 0 Å². The number of hydrogen-bond donors (Lipinski definition) is 1. The van der Waals surface area contributed by atoms with E-state index in [0.717, 1.165) is 12.1 Å². The highest BCUT2D eigenvalue weighted by molar-refractivity contribution is 6.00. The molecule has 4 saturated heterocycles. The zero-order chi connectivity index (χ0) is 23.8. The number of amides is 2. The fourth-order valence-corrected chi connectivity index (χ4v) is 6.15. The Morgan fingerprint density at radius 3 is 2.85 bits per heavy atom. The number of nitriles is 1. The molecule has 4 heterocycles. The highest BCUT2D eigenvalue weighted by Crippen LogP contribution is 2.65. The standard InChI is InChI=1S/C22H22F3N3O5/c1-3-31-19(30)27-14-9-21-6-7-32-18-16(21)15(20(14,2)33-21)17(29)28(18)12-5-4-11(10-26)13(8-12)22(23,24)25/h4-5,8,14-16,18H,3,6-7,9H2,1-2H3,(H,27,30)/t14-,15+,16-,18-,20+,21-/m0/s1. The lowest BCUT2D eigenvalue weighted by atomic mass is 9.64. The first-order valence-electron chi connectivity index (χ1n) is 10.8. The van der Waals surface area contributed by atoms with E-state index in [2.05, 4.69) is 5.32 Å². The first kappa shape index (κ1) is 22.0. The van der Waals surface area contributed by atoms with Gasteiger partial charge < -0.3 is 19.5 Å². The number of alkyl halides is 3. The molecule has 4 aliphatic heterocycles. The van der Waals surface area contributed by atoms with Crippen LogP contribution in [0.15, 0.2) is 18.2 Å². The summed E-state index contributed by atoms with van der Waals surface area (Å²) < 4.78 is 58.0. The van der Waals surface area contributed by atoms with Crippen LogP contribution in [0.1, 0.15) is 37.8 Å². The summed E-state index contributed by atoms with van der Waals surface area (Å²) in [5, 5.41) is 11.9.